The highest BCUT2D eigenvalue weighted by molar-refractivity contribution is 7.71. The van der Waals surface area contributed by atoms with E-state index in [4.69, 9.17) is 23.1 Å². The van der Waals surface area contributed by atoms with Crippen molar-refractivity contribution in [3.8, 4) is 0 Å². The molecule has 0 aliphatic heterocycles. The highest BCUT2D eigenvalue weighted by Gasteiger charge is 2.25. The SMILES string of the molecule is N[C@@H](CC(=O)O)C(=O)NCc1c[nH]c(=S)n1C1CCc2c(F)cc(F)cc2C1. The number of aromatic amines is 1. The number of hydrogen-bond donors (Lipinski definition) is 4. The first-order valence-electron chi connectivity index (χ1n) is 8.77. The number of aromatic nitrogens is 2. The summed E-state index contributed by atoms with van der Waals surface area (Å²) in [6.45, 7) is 0.0974. The van der Waals surface area contributed by atoms with E-state index in [2.05, 4.69) is 10.3 Å². The van der Waals surface area contributed by atoms with Crippen molar-refractivity contribution >= 4 is 24.1 Å². The fourth-order valence-corrected chi connectivity index (χ4v) is 3.87. The number of benzene rings is 1. The van der Waals surface area contributed by atoms with Crippen LogP contribution in [-0.2, 0) is 29.0 Å². The quantitative estimate of drug-likeness (QED) is 0.544. The number of rotatable bonds is 6. The Hall–Kier alpha value is -2.59. The average molecular weight is 410 g/mol. The van der Waals surface area contributed by atoms with Crippen molar-refractivity contribution in [1.29, 1.82) is 0 Å². The molecule has 1 unspecified atom stereocenters. The zero-order chi connectivity index (χ0) is 20.4. The number of nitrogens with one attached hydrogen (secondary N) is 2. The normalized spacial score (nSPS) is 17.0. The number of aliphatic carboxylic acids is 1. The number of halogens is 2. The molecule has 2 aromatic rings. The fourth-order valence-electron chi connectivity index (χ4n) is 3.55. The molecule has 5 N–H and O–H groups in total. The Labute approximate surface area is 164 Å². The Morgan fingerprint density at radius 2 is 2.18 bits per heavy atom. The zero-order valence-electron chi connectivity index (χ0n) is 14.9. The lowest BCUT2D eigenvalue weighted by molar-refractivity contribution is -0.139. The van der Waals surface area contributed by atoms with Crippen molar-refractivity contribution in [1.82, 2.24) is 14.9 Å². The molecule has 0 saturated heterocycles. The van der Waals surface area contributed by atoms with Crippen LogP contribution in [0.5, 0.6) is 0 Å². The van der Waals surface area contributed by atoms with E-state index in [-0.39, 0.29) is 12.6 Å². The first-order valence-corrected chi connectivity index (χ1v) is 9.17. The maximum Gasteiger partial charge on any atom is 0.305 e. The largest absolute Gasteiger partial charge is 0.481 e. The van der Waals surface area contributed by atoms with Gasteiger partial charge in [-0.15, -0.1) is 0 Å². The number of H-pyrrole nitrogens is 1. The monoisotopic (exact) mass is 410 g/mol. The molecular formula is C18H20F2N4O3S. The molecule has 0 radical (unpaired) electrons. The molecule has 1 heterocycles. The highest BCUT2D eigenvalue weighted by atomic mass is 32.1. The molecule has 28 heavy (non-hydrogen) atoms. The first kappa shape index (κ1) is 20.2. The van der Waals surface area contributed by atoms with Gasteiger partial charge in [0.1, 0.15) is 11.6 Å². The molecule has 0 fully saturated rings. The van der Waals surface area contributed by atoms with Gasteiger partial charge in [-0.25, -0.2) is 8.78 Å². The lowest BCUT2D eigenvalue weighted by atomic mass is 9.87. The van der Waals surface area contributed by atoms with Gasteiger partial charge < -0.3 is 25.7 Å². The van der Waals surface area contributed by atoms with Crippen molar-refractivity contribution in [2.75, 3.05) is 0 Å². The molecule has 7 nitrogen and oxygen atoms in total. The lowest BCUT2D eigenvalue weighted by Gasteiger charge is -2.27. The maximum absolute atomic E-state index is 14.0. The summed E-state index contributed by atoms with van der Waals surface area (Å²) in [6.07, 6.45) is 2.65. The smallest absolute Gasteiger partial charge is 0.305 e. The van der Waals surface area contributed by atoms with E-state index in [0.717, 1.165) is 6.07 Å². The van der Waals surface area contributed by atoms with Crippen LogP contribution in [0.4, 0.5) is 8.78 Å². The highest BCUT2D eigenvalue weighted by Crippen LogP contribution is 2.32. The molecule has 1 aromatic heterocycles. The van der Waals surface area contributed by atoms with E-state index < -0.39 is 36.0 Å². The fraction of sp³-hybridized carbons (Fsp3) is 0.389. The van der Waals surface area contributed by atoms with Gasteiger partial charge in [0.25, 0.3) is 0 Å². The molecule has 2 atom stereocenters. The Bertz CT molecular complexity index is 972. The van der Waals surface area contributed by atoms with Crippen LogP contribution < -0.4 is 11.1 Å². The summed E-state index contributed by atoms with van der Waals surface area (Å²) < 4.78 is 29.8. The molecule has 0 bridgehead atoms. The summed E-state index contributed by atoms with van der Waals surface area (Å²) >= 11 is 5.34. The Kier molecular flexibility index (Phi) is 5.90. The minimum Gasteiger partial charge on any atom is -0.481 e. The summed E-state index contributed by atoms with van der Waals surface area (Å²) in [5.41, 5.74) is 7.35. The summed E-state index contributed by atoms with van der Waals surface area (Å²) in [7, 11) is 0. The van der Waals surface area contributed by atoms with Crippen molar-refractivity contribution in [3.05, 3.63) is 51.6 Å². The van der Waals surface area contributed by atoms with Gasteiger partial charge in [-0.2, -0.15) is 0 Å². The van der Waals surface area contributed by atoms with Crippen LogP contribution in [0.3, 0.4) is 0 Å². The third-order valence-corrected chi connectivity index (χ3v) is 5.18. The summed E-state index contributed by atoms with van der Waals surface area (Å²) in [5.74, 6) is -2.90. The van der Waals surface area contributed by atoms with Gasteiger partial charge in [0, 0.05) is 18.3 Å². The predicted molar refractivity (Wildman–Crippen MR) is 99.1 cm³/mol. The standard InChI is InChI=1S/C18H20F2N4O3S/c19-10-3-9-4-11(1-2-13(9)14(20)5-10)24-12(8-23-18(24)28)7-22-17(27)15(21)6-16(25)26/h3,5,8,11,15H,1-2,4,6-7,21H2,(H,22,27)(H,23,28)(H,25,26)/t11?,15-/m0/s1. The van der Waals surface area contributed by atoms with Crippen molar-refractivity contribution < 1.29 is 23.5 Å². The Morgan fingerprint density at radius 3 is 2.89 bits per heavy atom. The molecule has 10 heteroatoms. The van der Waals surface area contributed by atoms with E-state index in [1.165, 1.54) is 6.07 Å². The van der Waals surface area contributed by atoms with Gasteiger partial charge in [-0.3, -0.25) is 9.59 Å². The second kappa shape index (κ2) is 8.19. The van der Waals surface area contributed by atoms with Crippen LogP contribution in [0.1, 0.15) is 35.7 Å². The summed E-state index contributed by atoms with van der Waals surface area (Å²) in [5, 5.41) is 11.3. The molecule has 1 aliphatic carbocycles. The number of imidazole rings is 1. The minimum absolute atomic E-state index is 0.0974. The van der Waals surface area contributed by atoms with Gasteiger partial charge in [0.15, 0.2) is 4.77 Å². The molecule has 150 valence electrons. The molecule has 0 saturated carbocycles. The van der Waals surface area contributed by atoms with E-state index in [1.54, 1.807) is 6.20 Å². The predicted octanol–water partition coefficient (Wildman–Crippen LogP) is 1.97. The van der Waals surface area contributed by atoms with Crippen LogP contribution in [0.2, 0.25) is 0 Å². The van der Waals surface area contributed by atoms with E-state index >= 15 is 0 Å². The molecule has 1 amide bonds. The number of nitrogens with two attached hydrogens (primary N) is 1. The molecule has 0 spiro atoms. The average Bonchev–Trinajstić information content (AvgIpc) is 2.98. The van der Waals surface area contributed by atoms with Gasteiger partial charge >= 0.3 is 5.97 Å². The Morgan fingerprint density at radius 1 is 1.43 bits per heavy atom. The third-order valence-electron chi connectivity index (χ3n) is 4.87. The Balaban J connectivity index is 1.76. The third kappa shape index (κ3) is 4.28. The van der Waals surface area contributed by atoms with E-state index in [0.29, 0.717) is 40.9 Å². The maximum atomic E-state index is 14.0. The van der Waals surface area contributed by atoms with Gasteiger partial charge in [-0.05, 0) is 48.7 Å². The summed E-state index contributed by atoms with van der Waals surface area (Å²) in [6, 6.07) is 0.961. The molecule has 3 rings (SSSR count). The van der Waals surface area contributed by atoms with Crippen LogP contribution in [0.15, 0.2) is 18.3 Å². The second-order valence-corrected chi connectivity index (χ2v) is 7.19. The number of carboxylic acid groups (broad SMARTS) is 1. The van der Waals surface area contributed by atoms with Crippen molar-refractivity contribution in [2.24, 2.45) is 5.73 Å². The lowest BCUT2D eigenvalue weighted by Crippen LogP contribution is -2.41. The molecular weight excluding hydrogens is 390 g/mol. The number of nitrogens with zero attached hydrogens (tertiary/aromatic N) is 1. The van der Waals surface area contributed by atoms with Crippen LogP contribution in [0, 0.1) is 16.4 Å². The van der Waals surface area contributed by atoms with E-state index in [9.17, 15) is 18.4 Å². The minimum atomic E-state index is -1.16. The van der Waals surface area contributed by atoms with Crippen LogP contribution in [-0.4, -0.2) is 32.6 Å². The molecule has 1 aromatic carbocycles. The topological polar surface area (TPSA) is 113 Å². The number of carboxylic acids is 1. The van der Waals surface area contributed by atoms with Crippen molar-refractivity contribution in [3.63, 3.8) is 0 Å². The van der Waals surface area contributed by atoms with Crippen LogP contribution >= 0.6 is 12.2 Å². The summed E-state index contributed by atoms with van der Waals surface area (Å²) in [4.78, 5) is 25.5. The van der Waals surface area contributed by atoms with Crippen molar-refractivity contribution in [2.45, 2.75) is 44.3 Å². The number of carbonyl (C=O) groups is 2. The number of hydrogen-bond acceptors (Lipinski definition) is 4. The van der Waals surface area contributed by atoms with E-state index in [1.807, 2.05) is 4.57 Å². The van der Waals surface area contributed by atoms with Gasteiger partial charge in [0.05, 0.1) is 24.7 Å². The molecule has 1 aliphatic rings. The number of fused-ring (bicyclic) bond motifs is 1. The number of carbonyl (C=O) groups excluding carboxylic acids is 1. The van der Waals surface area contributed by atoms with Crippen LogP contribution in [0.25, 0.3) is 0 Å². The van der Waals surface area contributed by atoms with Gasteiger partial charge in [0.2, 0.25) is 5.91 Å². The zero-order valence-corrected chi connectivity index (χ0v) is 15.7. The second-order valence-electron chi connectivity index (χ2n) is 6.80. The van der Waals surface area contributed by atoms with Gasteiger partial charge in [-0.1, -0.05) is 0 Å². The number of amides is 1. The first-order chi connectivity index (χ1) is 13.3.